The molecule has 4 atom stereocenters. The average molecular weight is 308 g/mol. The summed E-state index contributed by atoms with van der Waals surface area (Å²) in [5, 5.41) is 0. The Morgan fingerprint density at radius 3 is 2.73 bits per heavy atom. The molecule has 4 fully saturated rings. The Kier molecular flexibility index (Phi) is 2.82. The minimum absolute atomic E-state index is 0.00393. The van der Waals surface area contributed by atoms with Crippen molar-refractivity contribution in [2.45, 2.75) is 38.5 Å². The molecule has 7 nitrogen and oxygen atoms in total. The Labute approximate surface area is 128 Å². The molecule has 4 saturated heterocycles. The van der Waals surface area contributed by atoms with Crippen LogP contribution in [0.5, 0.6) is 0 Å². The van der Waals surface area contributed by atoms with Gasteiger partial charge in [0.2, 0.25) is 5.91 Å². The molecule has 4 aliphatic heterocycles. The van der Waals surface area contributed by atoms with Gasteiger partial charge >= 0.3 is 6.09 Å². The number of rotatable bonds is 2. The number of amides is 3. The number of hydrogen-bond donors (Lipinski definition) is 0. The Balaban J connectivity index is 1.74. The number of fused-ring (bicyclic) bond motifs is 1. The predicted octanol–water partition coefficient (Wildman–Crippen LogP) is 0.585. The van der Waals surface area contributed by atoms with E-state index in [1.165, 1.54) is 4.90 Å². The van der Waals surface area contributed by atoms with Gasteiger partial charge in [0.15, 0.2) is 5.72 Å². The molecule has 1 spiro atoms. The smallest absolute Gasteiger partial charge is 0.416 e. The highest BCUT2D eigenvalue weighted by Crippen LogP contribution is 2.57. The second-order valence-corrected chi connectivity index (χ2v) is 6.88. The minimum Gasteiger partial charge on any atom is -0.447 e. The van der Waals surface area contributed by atoms with E-state index in [0.717, 1.165) is 6.42 Å². The van der Waals surface area contributed by atoms with Crippen LogP contribution in [0.4, 0.5) is 4.79 Å². The molecular formula is C15H20N2O5. The number of hydrogen-bond acceptors (Lipinski definition) is 5. The molecule has 0 aromatic heterocycles. The zero-order valence-corrected chi connectivity index (χ0v) is 12.8. The van der Waals surface area contributed by atoms with Crippen LogP contribution >= 0.6 is 0 Å². The summed E-state index contributed by atoms with van der Waals surface area (Å²) in [4.78, 5) is 40.2. The number of carbonyl (C=O) groups excluding carboxylic acids is 3. The van der Waals surface area contributed by atoms with Crippen LogP contribution < -0.4 is 0 Å². The summed E-state index contributed by atoms with van der Waals surface area (Å²) in [6.07, 6.45) is 0.366. The van der Waals surface area contributed by atoms with Crippen molar-refractivity contribution in [1.29, 1.82) is 0 Å². The van der Waals surface area contributed by atoms with Gasteiger partial charge < -0.3 is 14.4 Å². The summed E-state index contributed by atoms with van der Waals surface area (Å²) in [7, 11) is 0. The first kappa shape index (κ1) is 14.0. The molecule has 4 heterocycles. The highest BCUT2D eigenvalue weighted by molar-refractivity contribution is 5.98. The normalized spacial score (nSPS) is 39.9. The van der Waals surface area contributed by atoms with Gasteiger partial charge in [-0.3, -0.25) is 9.59 Å². The van der Waals surface area contributed by atoms with Crippen molar-refractivity contribution in [3.05, 3.63) is 0 Å². The van der Waals surface area contributed by atoms with Gasteiger partial charge in [-0.15, -0.1) is 0 Å². The molecule has 4 rings (SSSR count). The van der Waals surface area contributed by atoms with Crippen LogP contribution in [0.1, 0.15) is 26.7 Å². The summed E-state index contributed by atoms with van der Waals surface area (Å²) in [6, 6.07) is 0. The first-order chi connectivity index (χ1) is 10.5. The van der Waals surface area contributed by atoms with E-state index in [-0.39, 0.29) is 36.8 Å². The Hall–Kier alpha value is -1.63. The largest absolute Gasteiger partial charge is 0.447 e. The Bertz CT molecular complexity index is 562. The maximum atomic E-state index is 13.0. The highest BCUT2D eigenvalue weighted by Gasteiger charge is 2.72. The molecule has 0 saturated carbocycles. The van der Waals surface area contributed by atoms with E-state index in [0.29, 0.717) is 13.0 Å². The van der Waals surface area contributed by atoms with Gasteiger partial charge in [0.25, 0.3) is 5.91 Å². The lowest BCUT2D eigenvalue weighted by molar-refractivity contribution is -0.152. The van der Waals surface area contributed by atoms with Crippen LogP contribution in [0.3, 0.4) is 0 Å². The summed E-state index contributed by atoms with van der Waals surface area (Å²) in [6.45, 7) is 5.16. The van der Waals surface area contributed by atoms with E-state index in [1.807, 2.05) is 13.8 Å². The Morgan fingerprint density at radius 2 is 2.09 bits per heavy atom. The predicted molar refractivity (Wildman–Crippen MR) is 73.4 cm³/mol. The molecule has 0 N–H and O–H groups in total. The zero-order chi connectivity index (χ0) is 15.6. The van der Waals surface area contributed by atoms with Gasteiger partial charge in [0.1, 0.15) is 12.7 Å². The van der Waals surface area contributed by atoms with E-state index in [9.17, 15) is 14.4 Å². The lowest BCUT2D eigenvalue weighted by Crippen LogP contribution is -2.59. The fourth-order valence-electron chi connectivity index (χ4n) is 4.63. The molecule has 4 aliphatic rings. The van der Waals surface area contributed by atoms with Gasteiger partial charge in [-0.25, -0.2) is 9.69 Å². The average Bonchev–Trinajstić information content (AvgIpc) is 3.18. The lowest BCUT2D eigenvalue weighted by atomic mass is 9.73. The number of cyclic esters (lactones) is 1. The standard InChI is InChI=1S/C15H20N2O5/c1-8(2)9-10(12(18)16-6-7-21-14(16)20)15-4-3-5-17(15)13(19)11(9)22-15/h8-11H,3-7H2,1-2H3/t9-,10+,11+,15-/m0/s1. The molecule has 0 aromatic carbocycles. The maximum absolute atomic E-state index is 13.0. The highest BCUT2D eigenvalue weighted by atomic mass is 16.6. The fourth-order valence-corrected chi connectivity index (χ4v) is 4.63. The molecule has 0 aliphatic carbocycles. The second-order valence-electron chi connectivity index (χ2n) is 6.88. The third-order valence-electron chi connectivity index (χ3n) is 5.50. The number of nitrogens with zero attached hydrogens (tertiary/aromatic N) is 2. The molecule has 0 radical (unpaired) electrons. The zero-order valence-electron chi connectivity index (χ0n) is 12.8. The monoisotopic (exact) mass is 308 g/mol. The van der Waals surface area contributed by atoms with Gasteiger partial charge in [0, 0.05) is 12.5 Å². The van der Waals surface area contributed by atoms with Crippen molar-refractivity contribution in [3.8, 4) is 0 Å². The van der Waals surface area contributed by atoms with Crippen LogP contribution in [-0.2, 0) is 19.1 Å². The molecule has 0 aromatic rings. The van der Waals surface area contributed by atoms with Crippen molar-refractivity contribution in [2.24, 2.45) is 17.8 Å². The molecule has 3 amide bonds. The topological polar surface area (TPSA) is 76.2 Å². The van der Waals surface area contributed by atoms with E-state index in [4.69, 9.17) is 9.47 Å². The number of carbonyl (C=O) groups is 3. The fraction of sp³-hybridized carbons (Fsp3) is 0.800. The van der Waals surface area contributed by atoms with Gasteiger partial charge in [-0.2, -0.15) is 0 Å². The molecule has 2 bridgehead atoms. The summed E-state index contributed by atoms with van der Waals surface area (Å²) < 4.78 is 11.0. The number of piperidine rings is 1. The van der Waals surface area contributed by atoms with E-state index < -0.39 is 23.8 Å². The van der Waals surface area contributed by atoms with Crippen molar-refractivity contribution < 1.29 is 23.9 Å². The second kappa shape index (κ2) is 4.44. The quantitative estimate of drug-likeness (QED) is 0.746. The number of ether oxygens (including phenoxy) is 2. The molecule has 0 unspecified atom stereocenters. The van der Waals surface area contributed by atoms with Crippen molar-refractivity contribution >= 4 is 17.9 Å². The van der Waals surface area contributed by atoms with Crippen LogP contribution in [0.15, 0.2) is 0 Å². The van der Waals surface area contributed by atoms with E-state index in [2.05, 4.69) is 0 Å². The van der Waals surface area contributed by atoms with Crippen molar-refractivity contribution in [2.75, 3.05) is 19.7 Å². The minimum atomic E-state index is -0.837. The lowest BCUT2D eigenvalue weighted by Gasteiger charge is -2.40. The van der Waals surface area contributed by atoms with Crippen LogP contribution in [-0.4, -0.2) is 59.2 Å². The van der Waals surface area contributed by atoms with Crippen LogP contribution in [0, 0.1) is 17.8 Å². The summed E-state index contributed by atoms with van der Waals surface area (Å²) in [5.41, 5.74) is -0.837. The third kappa shape index (κ3) is 1.52. The summed E-state index contributed by atoms with van der Waals surface area (Å²) >= 11 is 0. The van der Waals surface area contributed by atoms with E-state index >= 15 is 0 Å². The molecule has 120 valence electrons. The van der Waals surface area contributed by atoms with Gasteiger partial charge in [-0.05, 0) is 18.8 Å². The van der Waals surface area contributed by atoms with Crippen molar-refractivity contribution in [1.82, 2.24) is 9.80 Å². The van der Waals surface area contributed by atoms with Gasteiger partial charge in [-0.1, -0.05) is 13.8 Å². The van der Waals surface area contributed by atoms with E-state index in [1.54, 1.807) is 4.90 Å². The third-order valence-corrected chi connectivity index (χ3v) is 5.50. The maximum Gasteiger partial charge on any atom is 0.416 e. The van der Waals surface area contributed by atoms with Gasteiger partial charge in [0.05, 0.1) is 12.5 Å². The summed E-state index contributed by atoms with van der Waals surface area (Å²) in [5.74, 6) is -0.762. The number of imide groups is 1. The first-order valence-electron chi connectivity index (χ1n) is 7.95. The van der Waals surface area contributed by atoms with Crippen LogP contribution in [0.2, 0.25) is 0 Å². The Morgan fingerprint density at radius 1 is 1.32 bits per heavy atom. The van der Waals surface area contributed by atoms with Crippen molar-refractivity contribution in [3.63, 3.8) is 0 Å². The molecular weight excluding hydrogens is 288 g/mol. The van der Waals surface area contributed by atoms with Crippen LogP contribution in [0.25, 0.3) is 0 Å². The molecule has 7 heteroatoms. The SMILES string of the molecule is CC(C)[C@@H]1[C@H]2O[C@@]3(CCCN3C2=O)[C@H]1C(=O)N1CCOC1=O. The first-order valence-corrected chi connectivity index (χ1v) is 7.95. The molecule has 22 heavy (non-hydrogen) atoms.